The zero-order valence-electron chi connectivity index (χ0n) is 20.3. The number of alkyl halides is 2. The van der Waals surface area contributed by atoms with Gasteiger partial charge in [0.05, 0.1) is 17.1 Å². The van der Waals surface area contributed by atoms with Crippen molar-refractivity contribution < 1.29 is 27.8 Å². The number of carbonyl (C=O) groups excluding carboxylic acids is 1. The molecule has 1 amide bonds. The summed E-state index contributed by atoms with van der Waals surface area (Å²) < 4.78 is 40.8. The van der Waals surface area contributed by atoms with Gasteiger partial charge in [0.25, 0.3) is 11.5 Å². The summed E-state index contributed by atoms with van der Waals surface area (Å²) in [5.41, 5.74) is 0.308. The second kappa shape index (κ2) is 9.11. The Bertz CT molecular complexity index is 1310. The molecular formula is C26H30F2N2O5. The van der Waals surface area contributed by atoms with Crippen molar-refractivity contribution in [2.24, 2.45) is 7.05 Å². The molecule has 0 unspecified atom stereocenters. The molecule has 1 saturated carbocycles. The van der Waals surface area contributed by atoms with Crippen LogP contribution in [0.2, 0.25) is 0 Å². The zero-order valence-corrected chi connectivity index (χ0v) is 20.3. The predicted molar refractivity (Wildman–Crippen MR) is 128 cm³/mol. The van der Waals surface area contributed by atoms with Crippen LogP contribution in [0.4, 0.5) is 8.78 Å². The first kappa shape index (κ1) is 24.9. The molecule has 188 valence electrons. The number of amides is 1. The fourth-order valence-electron chi connectivity index (χ4n) is 4.34. The predicted octanol–water partition coefficient (Wildman–Crippen LogP) is 4.73. The highest BCUT2D eigenvalue weighted by Gasteiger charge is 2.36. The number of aryl methyl sites for hydroxylation is 1. The van der Waals surface area contributed by atoms with Crippen molar-refractivity contribution in [2.45, 2.75) is 64.1 Å². The minimum atomic E-state index is -2.68. The number of carbonyl (C=O) groups is 1. The van der Waals surface area contributed by atoms with E-state index in [1.165, 1.54) is 10.6 Å². The van der Waals surface area contributed by atoms with Gasteiger partial charge in [-0.2, -0.15) is 0 Å². The van der Waals surface area contributed by atoms with Gasteiger partial charge in [0.15, 0.2) is 5.76 Å². The number of furan rings is 1. The van der Waals surface area contributed by atoms with E-state index >= 15 is 0 Å². The van der Waals surface area contributed by atoms with Gasteiger partial charge in [-0.1, -0.05) is 6.07 Å². The average molecular weight is 489 g/mol. The summed E-state index contributed by atoms with van der Waals surface area (Å²) in [5, 5.41) is 13.5. The van der Waals surface area contributed by atoms with E-state index in [2.05, 4.69) is 5.32 Å². The monoisotopic (exact) mass is 488 g/mol. The number of aliphatic hydroxyl groups is 1. The van der Waals surface area contributed by atoms with Crippen molar-refractivity contribution in [3.8, 4) is 16.9 Å². The van der Waals surface area contributed by atoms with Gasteiger partial charge >= 0.3 is 0 Å². The minimum absolute atomic E-state index is 0.00187. The van der Waals surface area contributed by atoms with Gasteiger partial charge in [0.1, 0.15) is 11.3 Å². The fourth-order valence-corrected chi connectivity index (χ4v) is 4.34. The van der Waals surface area contributed by atoms with Gasteiger partial charge in [-0.05, 0) is 51.3 Å². The van der Waals surface area contributed by atoms with Crippen molar-refractivity contribution in [1.29, 1.82) is 0 Å². The number of nitrogens with one attached hydrogen (secondary N) is 1. The van der Waals surface area contributed by atoms with Gasteiger partial charge in [-0.3, -0.25) is 9.59 Å². The Hall–Kier alpha value is -3.20. The van der Waals surface area contributed by atoms with Crippen LogP contribution >= 0.6 is 0 Å². The van der Waals surface area contributed by atoms with Crippen LogP contribution in [0.3, 0.4) is 0 Å². The summed E-state index contributed by atoms with van der Waals surface area (Å²) >= 11 is 0. The Morgan fingerprint density at radius 3 is 2.57 bits per heavy atom. The Balaban J connectivity index is 1.87. The summed E-state index contributed by atoms with van der Waals surface area (Å²) in [6, 6.07) is 6.56. The van der Waals surface area contributed by atoms with E-state index < -0.39 is 23.5 Å². The van der Waals surface area contributed by atoms with E-state index in [-0.39, 0.29) is 48.0 Å². The molecule has 2 heterocycles. The molecular weight excluding hydrogens is 458 g/mol. The van der Waals surface area contributed by atoms with Crippen molar-refractivity contribution in [3.05, 3.63) is 52.1 Å². The van der Waals surface area contributed by atoms with Crippen LogP contribution in [0.5, 0.6) is 5.75 Å². The van der Waals surface area contributed by atoms with Crippen molar-refractivity contribution in [3.63, 3.8) is 0 Å². The Morgan fingerprint density at radius 2 is 1.94 bits per heavy atom. The normalized spacial score (nSPS) is 16.4. The molecule has 3 aromatic rings. The van der Waals surface area contributed by atoms with Gasteiger partial charge in [-0.15, -0.1) is 0 Å². The second-order valence-electron chi connectivity index (χ2n) is 9.61. The quantitative estimate of drug-likeness (QED) is 0.523. The van der Waals surface area contributed by atoms with E-state index in [0.29, 0.717) is 29.0 Å². The molecule has 9 heteroatoms. The lowest BCUT2D eigenvalue weighted by molar-refractivity contribution is -0.0581. The van der Waals surface area contributed by atoms with E-state index in [4.69, 9.17) is 9.15 Å². The van der Waals surface area contributed by atoms with Crippen LogP contribution in [0.25, 0.3) is 22.1 Å². The third-order valence-electron chi connectivity index (χ3n) is 6.35. The Morgan fingerprint density at radius 1 is 1.26 bits per heavy atom. The molecule has 35 heavy (non-hydrogen) atoms. The van der Waals surface area contributed by atoms with E-state index in [0.717, 1.165) is 0 Å². The number of hydrogen-bond donors (Lipinski definition) is 2. The van der Waals surface area contributed by atoms with Crippen LogP contribution < -0.4 is 15.6 Å². The zero-order chi connectivity index (χ0) is 25.5. The van der Waals surface area contributed by atoms with E-state index in [1.54, 1.807) is 52.2 Å². The molecule has 1 aliphatic rings. The molecule has 1 fully saturated rings. The number of fused-ring (bicyclic) bond motifs is 1. The smallest absolute Gasteiger partial charge is 0.287 e. The molecule has 7 nitrogen and oxygen atoms in total. The SMILES string of the molecule is CCNC(=O)c1cc2c(=O)n(C)cc(-c3cc(C(C)(C)O)ccc3OC3CCC(F)(F)CC3)c2o1. The minimum Gasteiger partial charge on any atom is -0.490 e. The first-order valence-corrected chi connectivity index (χ1v) is 11.7. The van der Waals surface area contributed by atoms with Crippen LogP contribution in [0, 0.1) is 0 Å². The maximum absolute atomic E-state index is 13.7. The number of hydrogen-bond acceptors (Lipinski definition) is 5. The topological polar surface area (TPSA) is 93.7 Å². The van der Waals surface area contributed by atoms with Crippen molar-refractivity contribution in [2.75, 3.05) is 6.54 Å². The summed E-state index contributed by atoms with van der Waals surface area (Å²) in [5.74, 6) is -2.70. The highest BCUT2D eigenvalue weighted by atomic mass is 19.3. The van der Waals surface area contributed by atoms with E-state index in [9.17, 15) is 23.5 Å². The fraction of sp³-hybridized carbons (Fsp3) is 0.462. The van der Waals surface area contributed by atoms with Crippen molar-refractivity contribution >= 4 is 16.9 Å². The number of aromatic nitrogens is 1. The number of pyridine rings is 1. The van der Waals surface area contributed by atoms with Gasteiger partial charge < -0.3 is 24.1 Å². The summed E-state index contributed by atoms with van der Waals surface area (Å²) in [4.78, 5) is 25.2. The number of nitrogens with zero attached hydrogens (tertiary/aromatic N) is 1. The molecule has 0 atom stereocenters. The molecule has 0 aliphatic heterocycles. The maximum atomic E-state index is 13.7. The number of halogens is 2. The Labute approximate surface area is 201 Å². The molecule has 1 aliphatic carbocycles. The first-order valence-electron chi connectivity index (χ1n) is 11.7. The molecule has 0 radical (unpaired) electrons. The third-order valence-corrected chi connectivity index (χ3v) is 6.35. The lowest BCUT2D eigenvalue weighted by Gasteiger charge is -2.30. The highest BCUT2D eigenvalue weighted by Crippen LogP contribution is 2.41. The number of benzene rings is 1. The lowest BCUT2D eigenvalue weighted by atomic mass is 9.92. The van der Waals surface area contributed by atoms with Crippen LogP contribution in [0.15, 0.2) is 39.7 Å². The highest BCUT2D eigenvalue weighted by molar-refractivity contribution is 6.00. The molecule has 2 N–H and O–H groups in total. The number of rotatable bonds is 6. The van der Waals surface area contributed by atoms with E-state index in [1.807, 2.05) is 0 Å². The molecule has 1 aromatic carbocycles. The van der Waals surface area contributed by atoms with Gasteiger partial charge in [0.2, 0.25) is 5.92 Å². The summed E-state index contributed by atoms with van der Waals surface area (Å²) in [6.45, 7) is 5.46. The Kier molecular flexibility index (Phi) is 6.48. The van der Waals surface area contributed by atoms with Gasteiger partial charge in [-0.25, -0.2) is 8.78 Å². The van der Waals surface area contributed by atoms with Crippen LogP contribution in [-0.2, 0) is 12.6 Å². The third kappa shape index (κ3) is 5.10. The molecule has 0 saturated heterocycles. The maximum Gasteiger partial charge on any atom is 0.287 e. The van der Waals surface area contributed by atoms with Gasteiger partial charge in [0, 0.05) is 49.8 Å². The molecule has 0 bridgehead atoms. The number of ether oxygens (including phenoxy) is 1. The molecule has 4 rings (SSSR count). The largest absolute Gasteiger partial charge is 0.490 e. The standard InChI is InChI=1S/C26H30F2N2O5/c1-5-29-23(31)21-13-18-22(35-21)19(14-30(4)24(18)32)17-12-15(25(2,3)33)6-7-20(17)34-16-8-10-26(27,28)11-9-16/h6-7,12-14,16,33H,5,8-11H2,1-4H3,(H,29,31). The summed E-state index contributed by atoms with van der Waals surface area (Å²) in [7, 11) is 1.59. The molecule has 0 spiro atoms. The molecule has 2 aromatic heterocycles. The second-order valence-corrected chi connectivity index (χ2v) is 9.61. The van der Waals surface area contributed by atoms with Crippen LogP contribution in [0.1, 0.15) is 62.6 Å². The summed E-state index contributed by atoms with van der Waals surface area (Å²) in [6.07, 6.45) is 1.13. The average Bonchev–Trinajstić information content (AvgIpc) is 3.23. The lowest BCUT2D eigenvalue weighted by Crippen LogP contribution is -2.30. The first-order chi connectivity index (χ1) is 16.4. The van der Waals surface area contributed by atoms with Crippen molar-refractivity contribution in [1.82, 2.24) is 9.88 Å². The van der Waals surface area contributed by atoms with Crippen LogP contribution in [-0.4, -0.2) is 34.2 Å².